The second kappa shape index (κ2) is 18.2. The van der Waals surface area contributed by atoms with E-state index in [1.807, 2.05) is 25.8 Å². The zero-order valence-corrected chi connectivity index (χ0v) is 25.9. The molecule has 3 heterocycles. The van der Waals surface area contributed by atoms with Gasteiger partial charge in [0.05, 0.1) is 12.6 Å². The molecule has 216 valence electrons. The van der Waals surface area contributed by atoms with E-state index in [9.17, 15) is 4.79 Å². The summed E-state index contributed by atoms with van der Waals surface area (Å²) in [6.45, 7) is 27.6. The van der Waals surface area contributed by atoms with Crippen molar-refractivity contribution in [2.45, 2.75) is 87.2 Å². The molecule has 37 heavy (non-hydrogen) atoms. The second-order valence-electron chi connectivity index (χ2n) is 12.2. The number of hydrogen-bond acceptors (Lipinski definition) is 5. The van der Waals surface area contributed by atoms with E-state index in [0.29, 0.717) is 30.6 Å². The third kappa shape index (κ3) is 13.5. The largest absolute Gasteiger partial charge is 0.365 e. The molecule has 0 aromatic heterocycles. The van der Waals surface area contributed by atoms with Gasteiger partial charge in [-0.2, -0.15) is 0 Å². The second-order valence-corrected chi connectivity index (χ2v) is 12.2. The van der Waals surface area contributed by atoms with Crippen molar-refractivity contribution in [3.63, 3.8) is 0 Å². The molecule has 6 heteroatoms. The predicted octanol–water partition coefficient (Wildman–Crippen LogP) is 4.60. The van der Waals surface area contributed by atoms with Crippen LogP contribution < -0.4 is 5.32 Å². The van der Waals surface area contributed by atoms with Crippen LogP contribution in [0.2, 0.25) is 0 Å². The molecule has 0 radical (unpaired) electrons. The number of hydrogen-bond donors (Lipinski definition) is 1. The molecule has 3 aliphatic rings. The first kappa shape index (κ1) is 33.9. The molecule has 6 nitrogen and oxygen atoms in total. The Morgan fingerprint density at radius 3 is 1.89 bits per heavy atom. The number of carbonyl (C=O) groups is 1. The Kier molecular flexibility index (Phi) is 16.7. The average Bonchev–Trinajstić information content (AvgIpc) is 2.83. The normalized spacial score (nSPS) is 20.1. The summed E-state index contributed by atoms with van der Waals surface area (Å²) in [6.07, 6.45) is 5.29. The van der Waals surface area contributed by atoms with Crippen molar-refractivity contribution in [1.82, 2.24) is 20.0 Å². The van der Waals surface area contributed by atoms with Crippen LogP contribution >= 0.6 is 0 Å². The molecule has 3 fully saturated rings. The predicted molar refractivity (Wildman–Crippen MR) is 158 cm³/mol. The monoisotopic (exact) mass is 520 g/mol. The van der Waals surface area contributed by atoms with Gasteiger partial charge in [-0.05, 0) is 57.7 Å². The lowest BCUT2D eigenvalue weighted by atomic mass is 9.72. The van der Waals surface area contributed by atoms with Crippen molar-refractivity contribution in [3.8, 4) is 11.8 Å². The Morgan fingerprint density at radius 1 is 0.919 bits per heavy atom. The molecule has 0 unspecified atom stereocenters. The number of ether oxygens (including phenoxy) is 1. The van der Waals surface area contributed by atoms with E-state index in [-0.39, 0.29) is 5.91 Å². The molecule has 3 aliphatic heterocycles. The Bertz CT molecular complexity index is 658. The lowest BCUT2D eigenvalue weighted by Gasteiger charge is -2.54. The summed E-state index contributed by atoms with van der Waals surface area (Å²) in [5.41, 5.74) is 0.455. The van der Waals surface area contributed by atoms with Gasteiger partial charge >= 0.3 is 0 Å². The van der Waals surface area contributed by atoms with Gasteiger partial charge in [0.2, 0.25) is 5.91 Å². The fourth-order valence-electron chi connectivity index (χ4n) is 5.43. The van der Waals surface area contributed by atoms with Gasteiger partial charge in [0.25, 0.3) is 0 Å². The molecule has 0 bridgehead atoms. The number of nitrogens with one attached hydrogen (secondary N) is 1. The number of likely N-dealkylation sites (N-methyl/N-ethyl adjacent to an activating group) is 1. The highest BCUT2D eigenvalue weighted by molar-refractivity contribution is 5.79. The fourth-order valence-corrected chi connectivity index (χ4v) is 5.43. The summed E-state index contributed by atoms with van der Waals surface area (Å²) < 4.78 is 5.79. The van der Waals surface area contributed by atoms with Crippen LogP contribution in [-0.4, -0.2) is 99.3 Å². The van der Waals surface area contributed by atoms with E-state index < -0.39 is 0 Å². The first-order chi connectivity index (χ1) is 17.6. The maximum absolute atomic E-state index is 11.7. The van der Waals surface area contributed by atoms with Crippen LogP contribution in [0.4, 0.5) is 0 Å². The maximum Gasteiger partial charge on any atom is 0.236 e. The Balaban J connectivity index is 0.000000348. The Labute approximate surface area is 230 Å². The topological polar surface area (TPSA) is 48.1 Å². The van der Waals surface area contributed by atoms with Crippen LogP contribution in [0.15, 0.2) is 0 Å². The van der Waals surface area contributed by atoms with Gasteiger partial charge in [0, 0.05) is 50.6 Å². The maximum atomic E-state index is 11.7. The van der Waals surface area contributed by atoms with Crippen molar-refractivity contribution in [3.05, 3.63) is 0 Å². The van der Waals surface area contributed by atoms with Crippen molar-refractivity contribution >= 4 is 5.91 Å². The van der Waals surface area contributed by atoms with E-state index in [1.165, 1.54) is 52.1 Å². The van der Waals surface area contributed by atoms with Crippen LogP contribution in [0.3, 0.4) is 0 Å². The highest BCUT2D eigenvalue weighted by atomic mass is 16.5. The van der Waals surface area contributed by atoms with Crippen molar-refractivity contribution < 1.29 is 9.53 Å². The van der Waals surface area contributed by atoms with Gasteiger partial charge in [0.15, 0.2) is 0 Å². The van der Waals surface area contributed by atoms with Gasteiger partial charge < -0.3 is 24.8 Å². The molecular formula is C31H60N4O2. The van der Waals surface area contributed by atoms with E-state index in [4.69, 9.17) is 4.74 Å². The third-order valence-electron chi connectivity index (χ3n) is 7.21. The zero-order valence-electron chi connectivity index (χ0n) is 25.9. The minimum Gasteiger partial charge on any atom is -0.365 e. The smallest absolute Gasteiger partial charge is 0.236 e. The van der Waals surface area contributed by atoms with Crippen LogP contribution in [-0.2, 0) is 9.53 Å². The molecule has 0 aromatic rings. The van der Waals surface area contributed by atoms with Crippen LogP contribution in [0.5, 0.6) is 0 Å². The number of piperidine rings is 2. The van der Waals surface area contributed by atoms with Gasteiger partial charge in [-0.3, -0.25) is 4.79 Å². The van der Waals surface area contributed by atoms with Crippen LogP contribution in [0, 0.1) is 35.0 Å². The average molecular weight is 521 g/mol. The number of amides is 1. The van der Waals surface area contributed by atoms with Gasteiger partial charge in [-0.25, -0.2) is 0 Å². The summed E-state index contributed by atoms with van der Waals surface area (Å²) in [7, 11) is 1.83. The Hall–Kier alpha value is -1.13. The van der Waals surface area contributed by atoms with Crippen LogP contribution in [0.1, 0.15) is 81.1 Å². The molecule has 0 aromatic carbocycles. The van der Waals surface area contributed by atoms with E-state index in [1.54, 1.807) is 0 Å². The zero-order chi connectivity index (χ0) is 27.8. The van der Waals surface area contributed by atoms with E-state index >= 15 is 0 Å². The molecule has 1 amide bonds. The summed E-state index contributed by atoms with van der Waals surface area (Å²) in [5.74, 6) is 8.46. The van der Waals surface area contributed by atoms with Gasteiger partial charge in [-0.15, -0.1) is 0 Å². The molecular weight excluding hydrogens is 460 g/mol. The fraction of sp³-hybridized carbons (Fsp3) is 0.903. The van der Waals surface area contributed by atoms with Crippen molar-refractivity contribution in [2.24, 2.45) is 23.2 Å². The van der Waals surface area contributed by atoms with Crippen molar-refractivity contribution in [1.29, 1.82) is 0 Å². The minimum atomic E-state index is 0.257. The van der Waals surface area contributed by atoms with E-state index in [0.717, 1.165) is 37.8 Å². The first-order valence-corrected chi connectivity index (χ1v) is 15.1. The number of rotatable bonds is 8. The molecule has 1 spiro atoms. The standard InChI is InChI=1S/C15H27NO.C14H27N3O.C2H6/c1-13(2)6-5-11-17-15-7-9-16(10-8-15)12-14(3)4;1-12(2)9-16-6-4-14(5-7-16)10-17(11-14)13(18)8-15-3;1-2/h13-15H,7-12H2,1-4H3;12,15H,4-11H2,1-3H3;1-2H3. The SMILES string of the molecule is CC.CC(C)C#CCOC1CCN(CC(C)C)CC1.CNCC(=O)N1CC2(CCN(CC(C)C)CC2)C1. The highest BCUT2D eigenvalue weighted by Gasteiger charge is 2.46. The minimum absolute atomic E-state index is 0.257. The number of likely N-dealkylation sites (tertiary alicyclic amines) is 3. The molecule has 3 rings (SSSR count). The lowest BCUT2D eigenvalue weighted by Crippen LogP contribution is -2.63. The lowest BCUT2D eigenvalue weighted by molar-refractivity contribution is -0.145. The molecule has 3 saturated heterocycles. The molecule has 0 aliphatic carbocycles. The number of nitrogens with zero attached hydrogens (tertiary/aromatic N) is 3. The quantitative estimate of drug-likeness (QED) is 0.474. The summed E-state index contributed by atoms with van der Waals surface area (Å²) >= 11 is 0. The highest BCUT2D eigenvalue weighted by Crippen LogP contribution is 2.40. The van der Waals surface area contributed by atoms with Gasteiger partial charge in [0.1, 0.15) is 6.61 Å². The summed E-state index contributed by atoms with van der Waals surface area (Å²) in [4.78, 5) is 18.8. The molecule has 1 N–H and O–H groups in total. The first-order valence-electron chi connectivity index (χ1n) is 15.1. The molecule has 0 atom stereocenters. The molecule has 0 saturated carbocycles. The van der Waals surface area contributed by atoms with Crippen molar-refractivity contribution in [2.75, 3.05) is 72.6 Å². The van der Waals surface area contributed by atoms with Gasteiger partial charge in [-0.1, -0.05) is 67.2 Å². The summed E-state index contributed by atoms with van der Waals surface area (Å²) in [5, 5.41) is 2.94. The van der Waals surface area contributed by atoms with Crippen LogP contribution in [0.25, 0.3) is 0 Å². The summed E-state index contributed by atoms with van der Waals surface area (Å²) in [6, 6.07) is 0. The Morgan fingerprint density at radius 2 is 1.43 bits per heavy atom. The van der Waals surface area contributed by atoms with E-state index in [2.05, 4.69) is 68.5 Å². The third-order valence-corrected chi connectivity index (χ3v) is 7.21. The number of carbonyl (C=O) groups excluding carboxylic acids is 1.